The molecule has 19 heteroatoms. The van der Waals surface area contributed by atoms with E-state index >= 15 is 0 Å². The molecular weight excluding hydrogens is 735 g/mol. The van der Waals surface area contributed by atoms with E-state index in [1.165, 1.54) is 39.0 Å². The molecule has 6 N–H and O–H groups in total. The van der Waals surface area contributed by atoms with Crippen molar-refractivity contribution in [3.63, 3.8) is 0 Å². The van der Waals surface area contributed by atoms with Crippen LogP contribution in [0.5, 0.6) is 17.2 Å². The Morgan fingerprint density at radius 3 is 0.909 bits per heavy atom. The summed E-state index contributed by atoms with van der Waals surface area (Å²) in [6.45, 7) is 4.21. The molecule has 3 aromatic heterocycles. The molecule has 0 saturated heterocycles. The molecule has 6 aromatic rings. The molecule has 3 aromatic carbocycles. The van der Waals surface area contributed by atoms with E-state index in [4.69, 9.17) is 31.1 Å². The molecule has 0 amide bonds. The van der Waals surface area contributed by atoms with Gasteiger partial charge in [0.2, 0.25) is 0 Å². The van der Waals surface area contributed by atoms with Gasteiger partial charge in [-0.2, -0.15) is 15.8 Å². The summed E-state index contributed by atoms with van der Waals surface area (Å²) in [7, 11) is 0. The van der Waals surface area contributed by atoms with Gasteiger partial charge in [0.15, 0.2) is 0 Å². The number of nitrogens with zero attached hydrogens (tertiary/aromatic N) is 3. The van der Waals surface area contributed by atoms with Gasteiger partial charge in [-0.1, -0.05) is 35.4 Å². The third-order valence-electron chi connectivity index (χ3n) is 8.15. The van der Waals surface area contributed by atoms with Crippen LogP contribution in [-0.2, 0) is 0 Å². The van der Waals surface area contributed by atoms with Crippen molar-refractivity contribution in [1.29, 1.82) is 15.8 Å². The maximum absolute atomic E-state index is 11.6. The summed E-state index contributed by atoms with van der Waals surface area (Å²) in [5, 5.41) is 89.1. The van der Waals surface area contributed by atoms with Gasteiger partial charge >= 0.3 is 35.3 Å². The first-order valence-corrected chi connectivity index (χ1v) is 14.9. The molecule has 0 radical (unpaired) electrons. The molecule has 0 fully saturated rings. The van der Waals surface area contributed by atoms with E-state index in [9.17, 15) is 44.1 Å². The number of hydrogen-bond acceptors (Lipinski definition) is 12. The van der Waals surface area contributed by atoms with Gasteiger partial charge < -0.3 is 45.6 Å². The number of carbonyl (C=O) groups is 3. The van der Waals surface area contributed by atoms with E-state index < -0.39 is 68.5 Å². The molecule has 0 aliphatic heterocycles. The van der Waals surface area contributed by atoms with E-state index in [1.54, 1.807) is 0 Å². The minimum absolute atomic E-state index is 0. The third-order valence-corrected chi connectivity index (χ3v) is 8.15. The fourth-order valence-electron chi connectivity index (χ4n) is 5.76. The molecule has 55 heavy (non-hydrogen) atoms. The number of fused-ring (bicyclic) bond motifs is 3. The number of aromatic nitrogens is 3. The largest absolute Gasteiger partial charge is 3.00 e. The van der Waals surface area contributed by atoms with E-state index in [0.29, 0.717) is 0 Å². The van der Waals surface area contributed by atoms with E-state index in [2.05, 4.69) is 15.0 Å². The molecule has 6 rings (SSSR count). The topological polar surface area (TPSA) is 351 Å². The van der Waals surface area contributed by atoms with Gasteiger partial charge in [0.25, 0.3) is 16.7 Å². The second kappa shape index (κ2) is 16.2. The van der Waals surface area contributed by atoms with Crippen molar-refractivity contribution in [3.05, 3.63) is 118 Å². The van der Waals surface area contributed by atoms with Crippen molar-refractivity contribution < 1.29 is 45.0 Å². The van der Waals surface area contributed by atoms with Crippen LogP contribution in [-0.4, -0.2) is 65.5 Å². The monoisotopic (exact) mass is 756 g/mol. The molecule has 0 unspecified atom stereocenters. The molecule has 3 heterocycles. The Morgan fingerprint density at radius 2 is 0.727 bits per heavy atom. The standard InChI is InChI=1S/3C12H8N2O4.Al/c3*1-5-8-6(4-13)2-3-7(15)10(8)14-11(16)9(5)12(17)18;/h3*2-3,15H,1H3,(H,14,16)(H,17,18);/q;;;+3/p-3. The number of aromatic amines is 3. The number of H-pyrrole nitrogens is 3. The fourth-order valence-corrected chi connectivity index (χ4v) is 5.76. The maximum atomic E-state index is 11.6. The zero-order valence-electron chi connectivity index (χ0n) is 28.4. The first-order chi connectivity index (χ1) is 25.4. The van der Waals surface area contributed by atoms with Crippen LogP contribution in [0.2, 0.25) is 0 Å². The Kier molecular flexibility index (Phi) is 12.2. The average Bonchev–Trinajstić information content (AvgIpc) is 3.10. The van der Waals surface area contributed by atoms with Crippen LogP contribution in [0.3, 0.4) is 0 Å². The SMILES string of the molecule is Cc1c(C(=O)O)c(=O)[nH]c2c([O-])ccc(C#N)c12.Cc1c(C(=O)O)c(=O)[nH]c2c([O-])ccc(C#N)c12.Cc1c(C(=O)O)c(=O)[nH]c2c([O-])ccc(C#N)c12.[Al+3]. The van der Waals surface area contributed by atoms with Gasteiger partial charge in [-0.05, 0) is 55.7 Å². The van der Waals surface area contributed by atoms with Crippen LogP contribution in [0.15, 0.2) is 50.8 Å². The predicted molar refractivity (Wildman–Crippen MR) is 187 cm³/mol. The van der Waals surface area contributed by atoms with Crippen molar-refractivity contribution in [1.82, 2.24) is 15.0 Å². The predicted octanol–water partition coefficient (Wildman–Crippen LogP) is 1.06. The zero-order valence-corrected chi connectivity index (χ0v) is 29.6. The Bertz CT molecular complexity index is 2630. The molecule has 0 atom stereocenters. The molecule has 0 aliphatic carbocycles. The fraction of sp³-hybridized carbons (Fsp3) is 0.0833. The Balaban J connectivity index is 0.000000220. The normalized spacial score (nSPS) is 10.0. The number of benzene rings is 3. The second-order valence-electron chi connectivity index (χ2n) is 11.2. The summed E-state index contributed by atoms with van der Waals surface area (Å²) in [6.07, 6.45) is 0. The minimum Gasteiger partial charge on any atom is -0.871 e. The maximum Gasteiger partial charge on any atom is 3.00 e. The number of pyridine rings is 3. The van der Waals surface area contributed by atoms with Gasteiger partial charge in [0.05, 0.1) is 34.9 Å². The number of rotatable bonds is 3. The zero-order chi connectivity index (χ0) is 40.3. The van der Waals surface area contributed by atoms with Crippen LogP contribution in [0.25, 0.3) is 32.7 Å². The number of carboxylic acid groups (broad SMARTS) is 3. The first kappa shape index (κ1) is 41.5. The minimum atomic E-state index is -1.39. The van der Waals surface area contributed by atoms with Crippen molar-refractivity contribution >= 4 is 68.0 Å². The summed E-state index contributed by atoms with van der Waals surface area (Å²) < 4.78 is 0. The Morgan fingerprint density at radius 1 is 0.509 bits per heavy atom. The van der Waals surface area contributed by atoms with Crippen LogP contribution in [0.4, 0.5) is 0 Å². The molecule has 270 valence electrons. The van der Waals surface area contributed by atoms with Crippen molar-refractivity contribution in [2.45, 2.75) is 20.8 Å². The number of carboxylic acids is 3. The van der Waals surface area contributed by atoms with Crippen LogP contribution < -0.4 is 32.0 Å². The molecule has 0 bridgehead atoms. The summed E-state index contributed by atoms with van der Waals surface area (Å²) in [4.78, 5) is 74.4. The Labute approximate surface area is 316 Å². The molecule has 0 aliphatic rings. The van der Waals surface area contributed by atoms with Gasteiger partial charge in [-0.3, -0.25) is 14.4 Å². The number of aromatic carboxylic acids is 3. The van der Waals surface area contributed by atoms with Crippen molar-refractivity contribution in [2.75, 3.05) is 0 Å². The summed E-state index contributed by atoms with van der Waals surface area (Å²) in [6, 6.07) is 13.0. The number of aryl methyl sites for hydroxylation is 3. The molecule has 0 saturated carbocycles. The summed E-state index contributed by atoms with van der Waals surface area (Å²) in [5.74, 6) is -5.55. The molecule has 18 nitrogen and oxygen atoms in total. The second-order valence-corrected chi connectivity index (χ2v) is 11.2. The summed E-state index contributed by atoms with van der Waals surface area (Å²) >= 11 is 0. The number of nitriles is 3. The average molecular weight is 757 g/mol. The summed E-state index contributed by atoms with van der Waals surface area (Å²) in [5.41, 5.74) is -3.20. The van der Waals surface area contributed by atoms with Crippen LogP contribution in [0, 0.1) is 54.8 Å². The third kappa shape index (κ3) is 7.53. The van der Waals surface area contributed by atoms with Crippen molar-refractivity contribution in [3.8, 4) is 35.5 Å². The quantitative estimate of drug-likeness (QED) is 0.137. The molecular formula is C36H21AlN6O12. The van der Waals surface area contributed by atoms with Gasteiger partial charge in [-0.15, -0.1) is 0 Å². The van der Waals surface area contributed by atoms with Crippen LogP contribution in [0.1, 0.15) is 64.5 Å². The number of hydrogen-bond donors (Lipinski definition) is 6. The van der Waals surface area contributed by atoms with E-state index in [-0.39, 0.29) is 83.5 Å². The molecule has 0 spiro atoms. The number of nitrogens with one attached hydrogen (secondary N) is 3. The van der Waals surface area contributed by atoms with Crippen LogP contribution >= 0.6 is 0 Å². The van der Waals surface area contributed by atoms with Gasteiger partial charge in [-0.25, -0.2) is 14.4 Å². The first-order valence-electron chi connectivity index (χ1n) is 14.9. The van der Waals surface area contributed by atoms with Crippen molar-refractivity contribution in [2.24, 2.45) is 0 Å². The smallest absolute Gasteiger partial charge is 0.871 e. The van der Waals surface area contributed by atoms with E-state index in [0.717, 1.165) is 18.2 Å². The van der Waals surface area contributed by atoms with E-state index in [1.807, 2.05) is 18.2 Å². The van der Waals surface area contributed by atoms with Gasteiger partial charge in [0, 0.05) is 32.7 Å². The Hall–Kier alpha value is -7.90. The van der Waals surface area contributed by atoms with Gasteiger partial charge in [0.1, 0.15) is 16.7 Å².